The molecule has 0 aliphatic heterocycles. The Morgan fingerprint density at radius 3 is 2.60 bits per heavy atom. The average molecular weight is 301 g/mol. The average Bonchev–Trinajstić information content (AvgIpc) is 2.69. The number of nitrogens with zero attached hydrogens (tertiary/aromatic N) is 2. The van der Waals surface area contributed by atoms with Crippen LogP contribution in [0.25, 0.3) is 0 Å². The van der Waals surface area contributed by atoms with Crippen molar-refractivity contribution in [1.82, 2.24) is 14.3 Å². The molecule has 0 atom stereocenters. The number of hydrogen-bond acceptors (Lipinski definition) is 4. The highest BCUT2D eigenvalue weighted by atomic mass is 32.2. The van der Waals surface area contributed by atoms with Crippen LogP contribution in [0, 0.1) is 12.3 Å². The standard InChI is InChI=1S/C12H19N3O4S/c1-3-15-7-10(14-9(15)2)20(18,19)13-8-12(11(16)17)5-4-6-12/h7,13H,3-6,8H2,1-2H3,(H,16,17). The van der Waals surface area contributed by atoms with Crippen LogP contribution in [0.3, 0.4) is 0 Å². The Balaban J connectivity index is 2.13. The van der Waals surface area contributed by atoms with Crippen molar-refractivity contribution in [3.05, 3.63) is 12.0 Å². The number of aliphatic carboxylic acids is 1. The van der Waals surface area contributed by atoms with Gasteiger partial charge in [0.25, 0.3) is 10.0 Å². The molecule has 0 amide bonds. The summed E-state index contributed by atoms with van der Waals surface area (Å²) in [5.74, 6) is -0.328. The number of nitrogens with one attached hydrogen (secondary N) is 1. The van der Waals surface area contributed by atoms with E-state index in [1.807, 2.05) is 6.92 Å². The third kappa shape index (κ3) is 2.57. The smallest absolute Gasteiger partial charge is 0.310 e. The first-order valence-electron chi connectivity index (χ1n) is 6.57. The summed E-state index contributed by atoms with van der Waals surface area (Å²) in [5.41, 5.74) is -0.949. The van der Waals surface area contributed by atoms with Crippen LogP contribution in [0.4, 0.5) is 0 Å². The van der Waals surface area contributed by atoms with Crippen LogP contribution in [0.15, 0.2) is 11.2 Å². The van der Waals surface area contributed by atoms with Crippen molar-refractivity contribution in [2.24, 2.45) is 5.41 Å². The van der Waals surface area contributed by atoms with Gasteiger partial charge in [-0.1, -0.05) is 6.42 Å². The van der Waals surface area contributed by atoms with Crippen molar-refractivity contribution in [3.8, 4) is 0 Å². The van der Waals surface area contributed by atoms with Crippen LogP contribution in [0.2, 0.25) is 0 Å². The molecule has 2 N–H and O–H groups in total. The summed E-state index contributed by atoms with van der Waals surface area (Å²) in [5, 5.41) is 9.12. The minimum atomic E-state index is -3.76. The van der Waals surface area contributed by atoms with Crippen LogP contribution < -0.4 is 4.72 Å². The van der Waals surface area contributed by atoms with Gasteiger partial charge in [-0.15, -0.1) is 0 Å². The Kier molecular flexibility index (Phi) is 3.88. The van der Waals surface area contributed by atoms with Gasteiger partial charge in [0.1, 0.15) is 5.82 Å². The van der Waals surface area contributed by atoms with Gasteiger partial charge in [-0.2, -0.15) is 0 Å². The number of hydrogen-bond donors (Lipinski definition) is 2. The summed E-state index contributed by atoms with van der Waals surface area (Å²) < 4.78 is 28.4. The molecule has 1 aliphatic rings. The zero-order valence-electron chi connectivity index (χ0n) is 11.6. The van der Waals surface area contributed by atoms with Crippen LogP contribution >= 0.6 is 0 Å². The first kappa shape index (κ1) is 15.0. The number of aromatic nitrogens is 2. The Morgan fingerprint density at radius 1 is 1.55 bits per heavy atom. The van der Waals surface area contributed by atoms with E-state index in [0.717, 1.165) is 6.42 Å². The molecule has 1 heterocycles. The number of carboxylic acids is 1. The summed E-state index contributed by atoms with van der Waals surface area (Å²) in [6.07, 6.45) is 3.30. The summed E-state index contributed by atoms with van der Waals surface area (Å²) in [6.45, 7) is 4.18. The molecule has 8 heteroatoms. The molecule has 1 aromatic heterocycles. The lowest BCUT2D eigenvalue weighted by atomic mass is 9.69. The van der Waals surface area contributed by atoms with Gasteiger partial charge in [-0.05, 0) is 26.7 Å². The van der Waals surface area contributed by atoms with Crippen molar-refractivity contribution in [2.75, 3.05) is 6.54 Å². The van der Waals surface area contributed by atoms with Crippen LogP contribution in [0.1, 0.15) is 32.0 Å². The van der Waals surface area contributed by atoms with Gasteiger partial charge < -0.3 is 9.67 Å². The number of sulfonamides is 1. The first-order chi connectivity index (χ1) is 9.31. The van der Waals surface area contributed by atoms with E-state index < -0.39 is 21.4 Å². The van der Waals surface area contributed by atoms with E-state index in [2.05, 4.69) is 9.71 Å². The molecule has 1 aromatic rings. The molecule has 1 saturated carbocycles. The van der Waals surface area contributed by atoms with Crippen molar-refractivity contribution in [2.45, 2.75) is 44.7 Å². The molecule has 1 aliphatic carbocycles. The number of aryl methyl sites for hydroxylation is 2. The van der Waals surface area contributed by atoms with Crippen molar-refractivity contribution < 1.29 is 18.3 Å². The SMILES string of the molecule is CCn1cc(S(=O)(=O)NCC2(C(=O)O)CCC2)nc1C. The van der Waals surface area contributed by atoms with Crippen LogP contribution in [-0.4, -0.2) is 35.6 Å². The van der Waals surface area contributed by atoms with Crippen LogP contribution in [0.5, 0.6) is 0 Å². The summed E-state index contributed by atoms with van der Waals surface area (Å²) >= 11 is 0. The Labute approximate surface area is 118 Å². The normalized spacial score (nSPS) is 17.7. The minimum absolute atomic E-state index is 0.0586. The van der Waals surface area contributed by atoms with Gasteiger partial charge in [0, 0.05) is 19.3 Å². The van der Waals surface area contributed by atoms with Gasteiger partial charge in [-0.25, -0.2) is 18.1 Å². The van der Waals surface area contributed by atoms with E-state index in [1.54, 1.807) is 11.5 Å². The largest absolute Gasteiger partial charge is 0.481 e. The van der Waals surface area contributed by atoms with E-state index in [-0.39, 0.29) is 11.6 Å². The Hall–Kier alpha value is -1.41. The number of carbonyl (C=O) groups is 1. The topological polar surface area (TPSA) is 101 Å². The van der Waals surface area contributed by atoms with Gasteiger partial charge in [0.15, 0.2) is 5.03 Å². The molecule has 0 aromatic carbocycles. The fraction of sp³-hybridized carbons (Fsp3) is 0.667. The molecule has 0 bridgehead atoms. The summed E-state index contributed by atoms with van der Waals surface area (Å²) in [4.78, 5) is 15.2. The Bertz CT molecular complexity index is 617. The first-order valence-corrected chi connectivity index (χ1v) is 8.06. The van der Waals surface area contributed by atoms with Gasteiger partial charge >= 0.3 is 5.97 Å². The maximum absolute atomic E-state index is 12.1. The third-order valence-electron chi connectivity index (χ3n) is 3.93. The van der Waals surface area contributed by atoms with Crippen molar-refractivity contribution in [1.29, 1.82) is 0 Å². The molecule has 0 spiro atoms. The Morgan fingerprint density at radius 2 is 2.20 bits per heavy atom. The molecule has 7 nitrogen and oxygen atoms in total. The lowest BCUT2D eigenvalue weighted by Gasteiger charge is -2.37. The highest BCUT2D eigenvalue weighted by molar-refractivity contribution is 7.89. The van der Waals surface area contributed by atoms with E-state index in [4.69, 9.17) is 0 Å². The predicted octanol–water partition coefficient (Wildman–Crippen LogP) is 0.745. The quantitative estimate of drug-likeness (QED) is 0.807. The molecule has 112 valence electrons. The van der Waals surface area contributed by atoms with E-state index >= 15 is 0 Å². The fourth-order valence-corrected chi connectivity index (χ4v) is 3.44. The molecule has 0 radical (unpaired) electrons. The maximum Gasteiger partial charge on any atom is 0.310 e. The van der Waals surface area contributed by atoms with Gasteiger partial charge in [-0.3, -0.25) is 4.79 Å². The summed E-state index contributed by atoms with van der Waals surface area (Å²) in [6, 6.07) is 0. The van der Waals surface area contributed by atoms with E-state index in [1.165, 1.54) is 6.20 Å². The molecule has 20 heavy (non-hydrogen) atoms. The monoisotopic (exact) mass is 301 g/mol. The zero-order valence-corrected chi connectivity index (χ0v) is 12.4. The zero-order chi connectivity index (χ0) is 15.0. The lowest BCUT2D eigenvalue weighted by Crippen LogP contribution is -2.47. The summed E-state index contributed by atoms with van der Waals surface area (Å²) in [7, 11) is -3.76. The van der Waals surface area contributed by atoms with E-state index in [0.29, 0.717) is 25.2 Å². The molecule has 0 unspecified atom stereocenters. The molecule has 2 rings (SSSR count). The predicted molar refractivity (Wildman–Crippen MR) is 71.7 cm³/mol. The van der Waals surface area contributed by atoms with Gasteiger partial charge in [0.2, 0.25) is 0 Å². The second-order valence-corrected chi connectivity index (χ2v) is 6.89. The molecular weight excluding hydrogens is 282 g/mol. The molecule has 0 saturated heterocycles. The van der Waals surface area contributed by atoms with Crippen LogP contribution in [-0.2, 0) is 21.4 Å². The minimum Gasteiger partial charge on any atom is -0.481 e. The van der Waals surface area contributed by atoms with Crippen molar-refractivity contribution >= 4 is 16.0 Å². The lowest BCUT2D eigenvalue weighted by molar-refractivity contribution is -0.153. The maximum atomic E-state index is 12.1. The van der Waals surface area contributed by atoms with E-state index in [9.17, 15) is 18.3 Å². The number of rotatable bonds is 6. The molecular formula is C12H19N3O4S. The third-order valence-corrected chi connectivity index (χ3v) is 5.21. The highest BCUT2D eigenvalue weighted by Crippen LogP contribution is 2.40. The highest BCUT2D eigenvalue weighted by Gasteiger charge is 2.45. The van der Waals surface area contributed by atoms with Gasteiger partial charge in [0.05, 0.1) is 5.41 Å². The number of carboxylic acid groups (broad SMARTS) is 1. The number of imidazole rings is 1. The second-order valence-electron chi connectivity index (χ2n) is 5.18. The second kappa shape index (κ2) is 5.17. The molecule has 1 fully saturated rings. The van der Waals surface area contributed by atoms with Crippen molar-refractivity contribution in [3.63, 3.8) is 0 Å². The fourth-order valence-electron chi connectivity index (χ4n) is 2.31.